The van der Waals surface area contributed by atoms with E-state index in [0.717, 1.165) is 37.1 Å². The van der Waals surface area contributed by atoms with Crippen molar-refractivity contribution in [3.63, 3.8) is 0 Å². The first-order valence-corrected chi connectivity index (χ1v) is 8.94. The fourth-order valence-corrected chi connectivity index (χ4v) is 3.30. The van der Waals surface area contributed by atoms with Crippen molar-refractivity contribution in [2.24, 2.45) is 11.7 Å². The van der Waals surface area contributed by atoms with Gasteiger partial charge in [-0.25, -0.2) is 0 Å². The van der Waals surface area contributed by atoms with Crippen LogP contribution in [0.1, 0.15) is 23.2 Å². The van der Waals surface area contributed by atoms with Gasteiger partial charge in [0.05, 0.1) is 5.92 Å². The second kappa shape index (κ2) is 8.58. The summed E-state index contributed by atoms with van der Waals surface area (Å²) in [5.74, 6) is -0.396. The Kier molecular flexibility index (Phi) is 5.96. The van der Waals surface area contributed by atoms with Crippen LogP contribution in [0, 0.1) is 5.92 Å². The Hall–Kier alpha value is -2.73. The maximum Gasteiger partial charge on any atom is 0.251 e. The molecule has 1 fully saturated rings. The van der Waals surface area contributed by atoms with Crippen LogP contribution in [0.15, 0.2) is 48.8 Å². The highest BCUT2D eigenvalue weighted by atomic mass is 16.2. The van der Waals surface area contributed by atoms with E-state index in [9.17, 15) is 9.59 Å². The van der Waals surface area contributed by atoms with E-state index in [4.69, 9.17) is 5.73 Å². The van der Waals surface area contributed by atoms with E-state index < -0.39 is 0 Å². The van der Waals surface area contributed by atoms with Crippen molar-refractivity contribution < 1.29 is 9.59 Å². The van der Waals surface area contributed by atoms with Gasteiger partial charge in [-0.1, -0.05) is 12.1 Å². The lowest BCUT2D eigenvalue weighted by Gasteiger charge is -2.31. The van der Waals surface area contributed by atoms with Gasteiger partial charge >= 0.3 is 0 Å². The fraction of sp³-hybridized carbons (Fsp3) is 0.350. The number of nitrogens with zero attached hydrogens (tertiary/aromatic N) is 2. The second-order valence-electron chi connectivity index (χ2n) is 6.61. The van der Waals surface area contributed by atoms with E-state index in [1.807, 2.05) is 36.4 Å². The first-order chi connectivity index (χ1) is 12.6. The second-order valence-corrected chi connectivity index (χ2v) is 6.61. The van der Waals surface area contributed by atoms with Crippen LogP contribution < -0.4 is 11.1 Å². The molecule has 1 saturated heterocycles. The Morgan fingerprint density at radius 3 is 2.77 bits per heavy atom. The maximum atomic E-state index is 12.4. The number of pyridine rings is 1. The number of nitrogens with two attached hydrogens (primary N) is 1. The summed E-state index contributed by atoms with van der Waals surface area (Å²) < 4.78 is 0. The number of primary amides is 1. The zero-order chi connectivity index (χ0) is 18.4. The molecule has 2 amide bonds. The average molecular weight is 352 g/mol. The van der Waals surface area contributed by atoms with E-state index in [0.29, 0.717) is 18.7 Å². The molecule has 136 valence electrons. The average Bonchev–Trinajstić information content (AvgIpc) is 2.69. The number of hydrogen-bond donors (Lipinski definition) is 2. The number of benzene rings is 1. The first kappa shape index (κ1) is 18.1. The number of nitrogens with one attached hydrogen (secondary N) is 1. The van der Waals surface area contributed by atoms with E-state index in [2.05, 4.69) is 15.2 Å². The topological polar surface area (TPSA) is 88.3 Å². The van der Waals surface area contributed by atoms with Crippen LogP contribution in [0.2, 0.25) is 0 Å². The molecule has 0 unspecified atom stereocenters. The lowest BCUT2D eigenvalue weighted by molar-refractivity contribution is -0.123. The molecule has 1 aliphatic heterocycles. The third-order valence-electron chi connectivity index (χ3n) is 4.76. The van der Waals surface area contributed by atoms with Gasteiger partial charge in [-0.15, -0.1) is 0 Å². The van der Waals surface area contributed by atoms with E-state index in [1.54, 1.807) is 12.4 Å². The van der Waals surface area contributed by atoms with E-state index in [1.165, 1.54) is 0 Å². The SMILES string of the molecule is NC(=O)[C@H]1CCCN(CCNC(=O)c2cccc(-c3ccncc3)c2)C1. The number of carbonyl (C=O) groups is 2. The third kappa shape index (κ3) is 4.67. The van der Waals surface area contributed by atoms with Gasteiger partial charge in [-0.3, -0.25) is 14.6 Å². The van der Waals surface area contributed by atoms with Crippen LogP contribution in [0.3, 0.4) is 0 Å². The van der Waals surface area contributed by atoms with Crippen LogP contribution in [-0.4, -0.2) is 47.9 Å². The summed E-state index contributed by atoms with van der Waals surface area (Å²) in [4.78, 5) is 30.0. The van der Waals surface area contributed by atoms with Gasteiger partial charge < -0.3 is 16.0 Å². The summed E-state index contributed by atoms with van der Waals surface area (Å²) in [7, 11) is 0. The number of rotatable bonds is 6. The minimum atomic E-state index is -0.230. The molecule has 0 bridgehead atoms. The molecule has 0 aliphatic carbocycles. The Morgan fingerprint density at radius 2 is 2.00 bits per heavy atom. The molecule has 0 spiro atoms. The van der Waals surface area contributed by atoms with Crippen molar-refractivity contribution in [1.29, 1.82) is 0 Å². The van der Waals surface area contributed by atoms with Crippen LogP contribution >= 0.6 is 0 Å². The molecule has 0 radical (unpaired) electrons. The van der Waals surface area contributed by atoms with Crippen LogP contribution in [-0.2, 0) is 4.79 Å². The normalized spacial score (nSPS) is 17.6. The minimum Gasteiger partial charge on any atom is -0.369 e. The fourth-order valence-electron chi connectivity index (χ4n) is 3.30. The molecular weight excluding hydrogens is 328 g/mol. The van der Waals surface area contributed by atoms with Gasteiger partial charge in [0.15, 0.2) is 0 Å². The van der Waals surface area contributed by atoms with Crippen molar-refractivity contribution in [1.82, 2.24) is 15.2 Å². The molecule has 0 saturated carbocycles. The smallest absolute Gasteiger partial charge is 0.251 e. The highest BCUT2D eigenvalue weighted by Crippen LogP contribution is 2.19. The van der Waals surface area contributed by atoms with Crippen molar-refractivity contribution in [2.45, 2.75) is 12.8 Å². The van der Waals surface area contributed by atoms with Gasteiger partial charge in [0.25, 0.3) is 5.91 Å². The quantitative estimate of drug-likeness (QED) is 0.828. The largest absolute Gasteiger partial charge is 0.369 e. The molecule has 3 N–H and O–H groups in total. The van der Waals surface area contributed by atoms with Crippen LogP contribution in [0.4, 0.5) is 0 Å². The summed E-state index contributed by atoms with van der Waals surface area (Å²) in [6, 6.07) is 11.4. The zero-order valence-corrected chi connectivity index (χ0v) is 14.7. The Balaban J connectivity index is 1.53. The molecule has 2 heterocycles. The van der Waals surface area contributed by atoms with Gasteiger partial charge in [0.1, 0.15) is 0 Å². The minimum absolute atomic E-state index is 0.0727. The van der Waals surface area contributed by atoms with Gasteiger partial charge in [0.2, 0.25) is 5.91 Å². The predicted molar refractivity (Wildman–Crippen MR) is 100 cm³/mol. The molecule has 6 heteroatoms. The van der Waals surface area contributed by atoms with Crippen molar-refractivity contribution in [3.8, 4) is 11.1 Å². The number of carbonyl (C=O) groups excluding carboxylic acids is 2. The highest BCUT2D eigenvalue weighted by molar-refractivity contribution is 5.95. The Labute approximate surface area is 153 Å². The summed E-state index contributed by atoms with van der Waals surface area (Å²) in [5, 5.41) is 2.96. The third-order valence-corrected chi connectivity index (χ3v) is 4.76. The number of hydrogen-bond acceptors (Lipinski definition) is 4. The van der Waals surface area contributed by atoms with E-state index >= 15 is 0 Å². The van der Waals surface area contributed by atoms with Gasteiger partial charge in [-0.05, 0) is 54.8 Å². The van der Waals surface area contributed by atoms with Gasteiger partial charge in [0, 0.05) is 37.6 Å². The highest BCUT2D eigenvalue weighted by Gasteiger charge is 2.23. The number of likely N-dealkylation sites (tertiary alicyclic amines) is 1. The van der Waals surface area contributed by atoms with Crippen LogP contribution in [0.25, 0.3) is 11.1 Å². The Morgan fingerprint density at radius 1 is 1.19 bits per heavy atom. The lowest BCUT2D eigenvalue weighted by atomic mass is 9.97. The number of amides is 2. The monoisotopic (exact) mass is 352 g/mol. The summed E-state index contributed by atoms with van der Waals surface area (Å²) in [5.41, 5.74) is 8.05. The molecule has 1 atom stereocenters. The summed E-state index contributed by atoms with van der Waals surface area (Å²) in [6.45, 7) is 2.89. The predicted octanol–water partition coefficient (Wildman–Crippen LogP) is 1.68. The molecule has 6 nitrogen and oxygen atoms in total. The molecule has 1 aromatic carbocycles. The van der Waals surface area contributed by atoms with Crippen molar-refractivity contribution >= 4 is 11.8 Å². The summed E-state index contributed by atoms with van der Waals surface area (Å²) >= 11 is 0. The molecule has 3 rings (SSSR count). The van der Waals surface area contributed by atoms with Crippen molar-refractivity contribution in [2.75, 3.05) is 26.2 Å². The molecule has 2 aromatic rings. The number of piperidine rings is 1. The molecular formula is C20H24N4O2. The maximum absolute atomic E-state index is 12.4. The lowest BCUT2D eigenvalue weighted by Crippen LogP contribution is -2.44. The van der Waals surface area contributed by atoms with Crippen LogP contribution in [0.5, 0.6) is 0 Å². The Bertz CT molecular complexity index is 763. The molecule has 26 heavy (non-hydrogen) atoms. The molecule has 1 aliphatic rings. The number of aromatic nitrogens is 1. The standard InChI is InChI=1S/C20H24N4O2/c21-19(25)18-5-2-11-24(14-18)12-10-23-20(26)17-4-1-3-16(13-17)15-6-8-22-9-7-15/h1,3-4,6-9,13,18H,2,5,10-12,14H2,(H2,21,25)(H,23,26)/t18-/m0/s1. The van der Waals surface area contributed by atoms with Gasteiger partial charge in [-0.2, -0.15) is 0 Å². The zero-order valence-electron chi connectivity index (χ0n) is 14.7. The van der Waals surface area contributed by atoms with Crippen molar-refractivity contribution in [3.05, 3.63) is 54.4 Å². The summed E-state index contributed by atoms with van der Waals surface area (Å²) in [6.07, 6.45) is 5.30. The van der Waals surface area contributed by atoms with E-state index in [-0.39, 0.29) is 17.7 Å². The molecule has 1 aromatic heterocycles. The first-order valence-electron chi connectivity index (χ1n) is 8.94.